The second-order valence-corrected chi connectivity index (χ2v) is 7.70. The first-order valence-electron chi connectivity index (χ1n) is 7.23. The van der Waals surface area contributed by atoms with Crippen LogP contribution >= 0.6 is 0 Å². The molecule has 2 N–H and O–H groups in total. The molecule has 0 spiro atoms. The molecule has 0 radical (unpaired) electrons. The molecule has 3 rings (SSSR count). The predicted molar refractivity (Wildman–Crippen MR) is 87.2 cm³/mol. The van der Waals surface area contributed by atoms with E-state index < -0.39 is 15.7 Å². The molecular weight excluding hydrogens is 337 g/mol. The van der Waals surface area contributed by atoms with Crippen LogP contribution in [0.5, 0.6) is 5.75 Å². The van der Waals surface area contributed by atoms with Crippen molar-refractivity contribution in [3.63, 3.8) is 0 Å². The van der Waals surface area contributed by atoms with Gasteiger partial charge in [0.2, 0.25) is 5.95 Å². The van der Waals surface area contributed by atoms with E-state index in [0.29, 0.717) is 22.4 Å². The van der Waals surface area contributed by atoms with Crippen LogP contribution in [0.2, 0.25) is 0 Å². The molecule has 0 fully saturated rings. The summed E-state index contributed by atoms with van der Waals surface area (Å²) >= 11 is 0. The van der Waals surface area contributed by atoms with Crippen molar-refractivity contribution in [1.29, 1.82) is 0 Å². The lowest BCUT2D eigenvalue weighted by molar-refractivity contribution is 0.387. The Bertz CT molecular complexity index is 1030. The molecule has 0 aliphatic carbocycles. The number of hydrogen-bond acceptors (Lipinski definition) is 7. The summed E-state index contributed by atoms with van der Waals surface area (Å²) < 4.78 is 43.4. The Morgan fingerprint density at radius 1 is 1.33 bits per heavy atom. The molecule has 0 saturated carbocycles. The van der Waals surface area contributed by atoms with Crippen LogP contribution in [0.3, 0.4) is 0 Å². The van der Waals surface area contributed by atoms with Crippen LogP contribution in [0.4, 0.5) is 10.3 Å². The number of rotatable bonds is 5. The van der Waals surface area contributed by atoms with Crippen molar-refractivity contribution < 1.29 is 17.5 Å². The molecule has 128 valence electrons. The molecule has 0 bridgehead atoms. The highest BCUT2D eigenvalue weighted by atomic mass is 32.2. The number of halogens is 1. The van der Waals surface area contributed by atoms with Crippen molar-refractivity contribution in [2.24, 2.45) is 0 Å². The van der Waals surface area contributed by atoms with Gasteiger partial charge in [0.1, 0.15) is 9.84 Å². The van der Waals surface area contributed by atoms with E-state index in [0.717, 1.165) is 0 Å². The fraction of sp³-hybridized carbons (Fsp3) is 0.357. The zero-order chi connectivity index (χ0) is 17.5. The number of anilines is 1. The molecule has 0 unspecified atom stereocenters. The van der Waals surface area contributed by atoms with Crippen LogP contribution in [0, 0.1) is 5.82 Å². The number of methoxy groups -OCH3 is 1. The maximum atomic E-state index is 14.0. The first kappa shape index (κ1) is 16.4. The Morgan fingerprint density at radius 3 is 2.75 bits per heavy atom. The van der Waals surface area contributed by atoms with E-state index in [4.69, 9.17) is 10.5 Å². The standard InChI is InChI=1S/C14H16FN5O3S/c1-3-24(21,22)5-4-12-18-13-8-6-9(15)11(23-2)7-10(8)17-14(16)20(13)19-12/h6-7H,3-5H2,1-2H3,(H2,16,17). The molecule has 8 nitrogen and oxygen atoms in total. The molecule has 10 heteroatoms. The number of fused-ring (bicyclic) bond motifs is 3. The Kier molecular flexibility index (Phi) is 3.99. The van der Waals surface area contributed by atoms with Crippen LogP contribution in [0.25, 0.3) is 16.6 Å². The van der Waals surface area contributed by atoms with E-state index in [1.165, 1.54) is 23.8 Å². The molecular formula is C14H16FN5O3S. The van der Waals surface area contributed by atoms with Gasteiger partial charge in [0.05, 0.1) is 18.4 Å². The molecule has 2 aromatic heterocycles. The molecule has 0 aliphatic heterocycles. The van der Waals surface area contributed by atoms with Crippen molar-refractivity contribution in [1.82, 2.24) is 19.6 Å². The number of aryl methyl sites for hydroxylation is 1. The van der Waals surface area contributed by atoms with Gasteiger partial charge in [-0.3, -0.25) is 0 Å². The summed E-state index contributed by atoms with van der Waals surface area (Å²) in [5, 5.41) is 4.59. The summed E-state index contributed by atoms with van der Waals surface area (Å²) in [6.45, 7) is 1.58. The number of nitrogen functional groups attached to an aromatic ring is 1. The molecule has 24 heavy (non-hydrogen) atoms. The van der Waals surface area contributed by atoms with Gasteiger partial charge in [-0.1, -0.05) is 6.92 Å². The van der Waals surface area contributed by atoms with Gasteiger partial charge in [0, 0.05) is 23.6 Å². The average molecular weight is 353 g/mol. The van der Waals surface area contributed by atoms with E-state index in [-0.39, 0.29) is 29.6 Å². The van der Waals surface area contributed by atoms with Gasteiger partial charge in [-0.15, -0.1) is 5.10 Å². The maximum absolute atomic E-state index is 14.0. The summed E-state index contributed by atoms with van der Waals surface area (Å²) in [4.78, 5) is 8.46. The van der Waals surface area contributed by atoms with Crippen LogP contribution < -0.4 is 10.5 Å². The van der Waals surface area contributed by atoms with Gasteiger partial charge in [-0.2, -0.15) is 4.52 Å². The van der Waals surface area contributed by atoms with Gasteiger partial charge in [0.15, 0.2) is 23.0 Å². The van der Waals surface area contributed by atoms with E-state index in [9.17, 15) is 12.8 Å². The van der Waals surface area contributed by atoms with Gasteiger partial charge >= 0.3 is 0 Å². The number of ether oxygens (including phenoxy) is 1. The third-order valence-electron chi connectivity index (χ3n) is 3.69. The lowest BCUT2D eigenvalue weighted by Crippen LogP contribution is -2.11. The largest absolute Gasteiger partial charge is 0.494 e. The second kappa shape index (κ2) is 5.86. The average Bonchev–Trinajstić information content (AvgIpc) is 2.99. The number of sulfone groups is 1. The van der Waals surface area contributed by atoms with Crippen molar-refractivity contribution in [2.75, 3.05) is 24.3 Å². The van der Waals surface area contributed by atoms with E-state index in [2.05, 4.69) is 15.1 Å². The molecule has 0 atom stereocenters. The monoisotopic (exact) mass is 353 g/mol. The highest BCUT2D eigenvalue weighted by Crippen LogP contribution is 2.27. The first-order chi connectivity index (χ1) is 11.3. The fourth-order valence-corrected chi connectivity index (χ4v) is 3.11. The summed E-state index contributed by atoms with van der Waals surface area (Å²) in [6, 6.07) is 2.67. The molecule has 0 aliphatic rings. The van der Waals surface area contributed by atoms with Gasteiger partial charge < -0.3 is 10.5 Å². The van der Waals surface area contributed by atoms with Crippen molar-refractivity contribution in [3.05, 3.63) is 23.8 Å². The highest BCUT2D eigenvalue weighted by Gasteiger charge is 2.16. The van der Waals surface area contributed by atoms with Crippen LogP contribution in [-0.2, 0) is 16.3 Å². The number of aromatic nitrogens is 4. The zero-order valence-electron chi connectivity index (χ0n) is 13.2. The Labute approximate surface area is 137 Å². The molecule has 2 heterocycles. The molecule has 3 aromatic rings. The lowest BCUT2D eigenvalue weighted by atomic mass is 10.2. The third-order valence-corrected chi connectivity index (χ3v) is 5.40. The Balaban J connectivity index is 2.12. The number of hydrogen-bond donors (Lipinski definition) is 1. The number of benzene rings is 1. The van der Waals surface area contributed by atoms with Crippen molar-refractivity contribution in [3.8, 4) is 5.75 Å². The van der Waals surface area contributed by atoms with Crippen LogP contribution in [0.15, 0.2) is 12.1 Å². The maximum Gasteiger partial charge on any atom is 0.223 e. The van der Waals surface area contributed by atoms with Gasteiger partial charge in [-0.25, -0.2) is 22.8 Å². The third kappa shape index (κ3) is 2.84. The van der Waals surface area contributed by atoms with Gasteiger partial charge in [0.25, 0.3) is 0 Å². The topological polar surface area (TPSA) is 112 Å². The fourth-order valence-electron chi connectivity index (χ4n) is 2.33. The summed E-state index contributed by atoms with van der Waals surface area (Å²) in [6.07, 6.45) is 0.150. The minimum absolute atomic E-state index is 0.0486. The number of nitrogens with zero attached hydrogens (tertiary/aromatic N) is 4. The Hall–Kier alpha value is -2.49. The van der Waals surface area contributed by atoms with E-state index in [1.807, 2.05) is 0 Å². The van der Waals surface area contributed by atoms with E-state index >= 15 is 0 Å². The minimum atomic E-state index is -3.14. The van der Waals surface area contributed by atoms with Crippen molar-refractivity contribution >= 4 is 32.3 Å². The van der Waals surface area contributed by atoms with Crippen molar-refractivity contribution in [2.45, 2.75) is 13.3 Å². The Morgan fingerprint density at radius 2 is 2.08 bits per heavy atom. The van der Waals surface area contributed by atoms with Gasteiger partial charge in [-0.05, 0) is 6.07 Å². The SMILES string of the molecule is CCS(=O)(=O)CCc1nc2c3cc(F)c(OC)cc3nc(N)n2n1. The molecule has 1 aromatic carbocycles. The second-order valence-electron chi connectivity index (χ2n) is 5.22. The smallest absolute Gasteiger partial charge is 0.223 e. The zero-order valence-corrected chi connectivity index (χ0v) is 14.0. The molecule has 0 amide bonds. The minimum Gasteiger partial charge on any atom is -0.494 e. The number of nitrogens with two attached hydrogens (primary N) is 1. The quantitative estimate of drug-likeness (QED) is 0.727. The lowest BCUT2D eigenvalue weighted by Gasteiger charge is -2.05. The van der Waals surface area contributed by atoms with Crippen LogP contribution in [-0.4, -0.2) is 46.6 Å². The molecule has 0 saturated heterocycles. The first-order valence-corrected chi connectivity index (χ1v) is 9.05. The van der Waals surface area contributed by atoms with Crippen LogP contribution in [0.1, 0.15) is 12.7 Å². The van der Waals surface area contributed by atoms with E-state index in [1.54, 1.807) is 6.92 Å². The summed E-state index contributed by atoms with van der Waals surface area (Å²) in [7, 11) is -1.78. The summed E-state index contributed by atoms with van der Waals surface area (Å²) in [5.41, 5.74) is 6.61. The normalized spacial score (nSPS) is 12.1. The highest BCUT2D eigenvalue weighted by molar-refractivity contribution is 7.91. The summed E-state index contributed by atoms with van der Waals surface area (Å²) in [5.74, 6) is -0.136. The predicted octanol–water partition coefficient (Wildman–Crippen LogP) is 0.985.